The Morgan fingerprint density at radius 1 is 1.39 bits per heavy atom. The van der Waals surface area contributed by atoms with Crippen LogP contribution in [0.1, 0.15) is 17.3 Å². The summed E-state index contributed by atoms with van der Waals surface area (Å²) in [4.78, 5) is 16.7. The van der Waals surface area contributed by atoms with Crippen molar-refractivity contribution in [3.05, 3.63) is 41.0 Å². The lowest BCUT2D eigenvalue weighted by Gasteiger charge is -2.10. The maximum Gasteiger partial charge on any atom is 0.327 e. The van der Waals surface area contributed by atoms with Gasteiger partial charge in [-0.15, -0.1) is 11.3 Å². The second kappa shape index (κ2) is 5.29. The number of ether oxygens (including phenoxy) is 1. The van der Waals surface area contributed by atoms with Gasteiger partial charge in [0.2, 0.25) is 0 Å². The summed E-state index contributed by atoms with van der Waals surface area (Å²) < 4.78 is 4.62. The lowest BCUT2D eigenvalue weighted by Crippen LogP contribution is -2.22. The molecule has 4 nitrogen and oxygen atoms in total. The number of nitrogens with two attached hydrogens (primary N) is 1. The van der Waals surface area contributed by atoms with Crippen LogP contribution in [0.2, 0.25) is 0 Å². The Hall–Kier alpha value is -1.72. The molecule has 0 aliphatic rings. The van der Waals surface area contributed by atoms with Crippen LogP contribution in [0, 0.1) is 6.92 Å². The van der Waals surface area contributed by atoms with E-state index in [4.69, 9.17) is 5.73 Å². The van der Waals surface area contributed by atoms with Crippen molar-refractivity contribution < 1.29 is 9.53 Å². The fourth-order valence-electron chi connectivity index (χ4n) is 1.68. The van der Waals surface area contributed by atoms with Gasteiger partial charge >= 0.3 is 5.97 Å². The number of esters is 1. The largest absolute Gasteiger partial charge is 0.468 e. The van der Waals surface area contributed by atoms with Gasteiger partial charge in [0.15, 0.2) is 0 Å². The predicted molar refractivity (Wildman–Crippen MR) is 71.2 cm³/mol. The Bertz CT molecular complexity index is 548. The van der Waals surface area contributed by atoms with E-state index in [1.54, 1.807) is 11.3 Å². The smallest absolute Gasteiger partial charge is 0.327 e. The van der Waals surface area contributed by atoms with Gasteiger partial charge in [0.25, 0.3) is 0 Å². The van der Waals surface area contributed by atoms with Crippen molar-refractivity contribution in [3.63, 3.8) is 0 Å². The first kappa shape index (κ1) is 12.7. The SMILES string of the molecule is COC(=O)[C@H](N)c1ccc(-c2scnc2C)cc1. The van der Waals surface area contributed by atoms with Gasteiger partial charge in [-0.1, -0.05) is 24.3 Å². The second-order valence-corrected chi connectivity index (χ2v) is 4.74. The van der Waals surface area contributed by atoms with E-state index in [1.165, 1.54) is 7.11 Å². The molecule has 0 unspecified atom stereocenters. The summed E-state index contributed by atoms with van der Waals surface area (Å²) in [5, 5.41) is 0. The molecule has 5 heteroatoms. The zero-order valence-electron chi connectivity index (χ0n) is 10.2. The van der Waals surface area contributed by atoms with Crippen LogP contribution in [0.25, 0.3) is 10.4 Å². The number of thiazole rings is 1. The van der Waals surface area contributed by atoms with Gasteiger partial charge < -0.3 is 10.5 Å². The van der Waals surface area contributed by atoms with Crippen LogP contribution >= 0.6 is 11.3 Å². The van der Waals surface area contributed by atoms with Crippen LogP contribution in [0.5, 0.6) is 0 Å². The molecule has 1 atom stereocenters. The Morgan fingerprint density at radius 2 is 2.06 bits per heavy atom. The van der Waals surface area contributed by atoms with E-state index >= 15 is 0 Å². The highest BCUT2D eigenvalue weighted by Gasteiger charge is 2.16. The zero-order chi connectivity index (χ0) is 13.1. The average molecular weight is 262 g/mol. The summed E-state index contributed by atoms with van der Waals surface area (Å²) in [5.74, 6) is -0.434. The molecule has 0 radical (unpaired) electrons. The molecule has 94 valence electrons. The number of methoxy groups -OCH3 is 1. The Kier molecular flexibility index (Phi) is 3.74. The van der Waals surface area contributed by atoms with Crippen LogP contribution in [-0.2, 0) is 9.53 Å². The monoisotopic (exact) mass is 262 g/mol. The summed E-state index contributed by atoms with van der Waals surface area (Å²) in [6.07, 6.45) is 0. The minimum absolute atomic E-state index is 0.434. The first-order chi connectivity index (χ1) is 8.63. The third-order valence-electron chi connectivity index (χ3n) is 2.73. The first-order valence-corrected chi connectivity index (χ1v) is 6.35. The van der Waals surface area contributed by atoms with Crippen LogP contribution in [-0.4, -0.2) is 18.1 Å². The number of hydrogen-bond donors (Lipinski definition) is 1. The van der Waals surface area contributed by atoms with Crippen molar-refractivity contribution in [1.82, 2.24) is 4.98 Å². The molecule has 1 heterocycles. The molecule has 2 rings (SSSR count). The number of rotatable bonds is 3. The molecule has 2 N–H and O–H groups in total. The predicted octanol–water partition coefficient (Wildman–Crippen LogP) is 2.29. The molecule has 0 amide bonds. The fraction of sp³-hybridized carbons (Fsp3) is 0.231. The maximum absolute atomic E-state index is 11.3. The highest BCUT2D eigenvalue weighted by Crippen LogP contribution is 2.28. The average Bonchev–Trinajstić information content (AvgIpc) is 2.83. The number of hydrogen-bond acceptors (Lipinski definition) is 5. The molecule has 0 saturated carbocycles. The zero-order valence-corrected chi connectivity index (χ0v) is 11.0. The quantitative estimate of drug-likeness (QED) is 0.862. The van der Waals surface area contributed by atoms with E-state index < -0.39 is 12.0 Å². The molecule has 1 aromatic carbocycles. The van der Waals surface area contributed by atoms with Crippen molar-refractivity contribution in [2.75, 3.05) is 7.11 Å². The standard InChI is InChI=1S/C13H14N2O2S/c1-8-12(18-7-15-8)10-5-3-9(4-6-10)11(14)13(16)17-2/h3-7,11H,14H2,1-2H3/t11-/m1/s1. The normalized spacial score (nSPS) is 12.2. The third kappa shape index (κ3) is 2.42. The van der Waals surface area contributed by atoms with E-state index in [1.807, 2.05) is 36.7 Å². The number of aromatic nitrogens is 1. The highest BCUT2D eigenvalue weighted by molar-refractivity contribution is 7.13. The number of carbonyl (C=O) groups excluding carboxylic acids is 1. The molecule has 0 aliphatic carbocycles. The van der Waals surface area contributed by atoms with E-state index in [-0.39, 0.29) is 0 Å². The molecule has 0 spiro atoms. The fourth-order valence-corrected chi connectivity index (χ4v) is 2.50. The van der Waals surface area contributed by atoms with E-state index in [0.717, 1.165) is 21.7 Å². The van der Waals surface area contributed by atoms with Crippen molar-refractivity contribution in [2.24, 2.45) is 5.73 Å². The summed E-state index contributed by atoms with van der Waals surface area (Å²) in [6, 6.07) is 6.84. The number of carbonyl (C=O) groups is 1. The van der Waals surface area contributed by atoms with Gasteiger partial charge in [0, 0.05) is 0 Å². The first-order valence-electron chi connectivity index (χ1n) is 5.47. The van der Waals surface area contributed by atoms with Crippen molar-refractivity contribution in [1.29, 1.82) is 0 Å². The molecule has 2 aromatic rings. The summed E-state index contributed by atoms with van der Waals surface area (Å²) >= 11 is 1.59. The van der Waals surface area contributed by atoms with Crippen LogP contribution in [0.3, 0.4) is 0 Å². The molecule has 1 aromatic heterocycles. The topological polar surface area (TPSA) is 65.2 Å². The van der Waals surface area contributed by atoms with Crippen LogP contribution in [0.15, 0.2) is 29.8 Å². The molecule has 0 fully saturated rings. The van der Waals surface area contributed by atoms with Gasteiger partial charge in [-0.3, -0.25) is 4.79 Å². The molecular weight excluding hydrogens is 248 g/mol. The van der Waals surface area contributed by atoms with Gasteiger partial charge in [-0.05, 0) is 18.1 Å². The number of aryl methyl sites for hydroxylation is 1. The van der Waals surface area contributed by atoms with Crippen LogP contribution in [0.4, 0.5) is 0 Å². The van der Waals surface area contributed by atoms with Gasteiger partial charge in [0.1, 0.15) is 6.04 Å². The minimum atomic E-state index is -0.730. The number of benzene rings is 1. The van der Waals surface area contributed by atoms with Crippen LogP contribution < -0.4 is 5.73 Å². The second-order valence-electron chi connectivity index (χ2n) is 3.89. The highest BCUT2D eigenvalue weighted by atomic mass is 32.1. The van der Waals surface area contributed by atoms with E-state index in [2.05, 4.69) is 9.72 Å². The lowest BCUT2D eigenvalue weighted by molar-refractivity contribution is -0.142. The van der Waals surface area contributed by atoms with Crippen molar-refractivity contribution >= 4 is 17.3 Å². The van der Waals surface area contributed by atoms with Gasteiger partial charge in [0.05, 0.1) is 23.2 Å². The van der Waals surface area contributed by atoms with Crippen molar-refractivity contribution in [3.8, 4) is 10.4 Å². The van der Waals surface area contributed by atoms with E-state index in [9.17, 15) is 4.79 Å². The Labute approximate surface area is 109 Å². The van der Waals surface area contributed by atoms with Gasteiger partial charge in [-0.2, -0.15) is 0 Å². The molecular formula is C13H14N2O2S. The summed E-state index contributed by atoms with van der Waals surface area (Å²) in [5.41, 5.74) is 10.4. The third-order valence-corrected chi connectivity index (χ3v) is 3.71. The van der Waals surface area contributed by atoms with Crippen molar-refractivity contribution in [2.45, 2.75) is 13.0 Å². The Balaban J connectivity index is 2.26. The molecule has 0 aliphatic heterocycles. The minimum Gasteiger partial charge on any atom is -0.468 e. The maximum atomic E-state index is 11.3. The molecule has 0 saturated heterocycles. The van der Waals surface area contributed by atoms with Gasteiger partial charge in [-0.25, -0.2) is 4.98 Å². The Morgan fingerprint density at radius 3 is 2.56 bits per heavy atom. The summed E-state index contributed by atoms with van der Waals surface area (Å²) in [7, 11) is 1.33. The molecule has 18 heavy (non-hydrogen) atoms. The molecule has 0 bridgehead atoms. The van der Waals surface area contributed by atoms with E-state index in [0.29, 0.717) is 0 Å². The summed E-state index contributed by atoms with van der Waals surface area (Å²) in [6.45, 7) is 1.97. The lowest BCUT2D eigenvalue weighted by atomic mass is 10.0. The number of nitrogens with zero attached hydrogens (tertiary/aromatic N) is 1.